The number of amides is 1. The standard InChI is InChI=1S/C21H32F2N4O/c1-3-25-9-7-21(8-10-25,16-27-13-11-26(4-2)12-14-27)24-20(28)18-15-17(22)5-6-19(18)23/h5-6,15H,3-4,7-14,16H2,1-2H3,(H,24,28). The predicted octanol–water partition coefficient (Wildman–Crippen LogP) is 2.19. The third kappa shape index (κ3) is 5.07. The van der Waals surface area contributed by atoms with Crippen molar-refractivity contribution in [2.75, 3.05) is 58.9 Å². The third-order valence-corrected chi connectivity index (χ3v) is 6.25. The zero-order chi connectivity index (χ0) is 20.1. The van der Waals surface area contributed by atoms with Gasteiger partial charge >= 0.3 is 0 Å². The fourth-order valence-electron chi connectivity index (χ4n) is 4.29. The summed E-state index contributed by atoms with van der Waals surface area (Å²) in [5, 5.41) is 3.11. The Labute approximate surface area is 166 Å². The van der Waals surface area contributed by atoms with Gasteiger partial charge in [-0.3, -0.25) is 9.69 Å². The number of piperidine rings is 1. The summed E-state index contributed by atoms with van der Waals surface area (Å²) in [7, 11) is 0. The van der Waals surface area contributed by atoms with E-state index in [0.717, 1.165) is 89.9 Å². The number of hydrogen-bond acceptors (Lipinski definition) is 4. The lowest BCUT2D eigenvalue weighted by atomic mass is 9.86. The molecule has 1 N–H and O–H groups in total. The zero-order valence-corrected chi connectivity index (χ0v) is 17.0. The SMILES string of the molecule is CCN1CCN(CC2(NC(=O)c3cc(F)ccc3F)CCN(CC)CC2)CC1. The number of carbonyl (C=O) groups is 1. The number of likely N-dealkylation sites (N-methyl/N-ethyl adjacent to an activating group) is 1. The summed E-state index contributed by atoms with van der Waals surface area (Å²) in [6, 6.07) is 3.04. The normalized spacial score (nSPS) is 21.6. The minimum absolute atomic E-state index is 0.215. The first-order chi connectivity index (χ1) is 13.4. The summed E-state index contributed by atoms with van der Waals surface area (Å²) in [6.07, 6.45) is 1.63. The van der Waals surface area contributed by atoms with Gasteiger partial charge in [-0.15, -0.1) is 0 Å². The number of hydrogen-bond donors (Lipinski definition) is 1. The van der Waals surface area contributed by atoms with Crippen LogP contribution in [-0.2, 0) is 0 Å². The molecule has 0 aromatic heterocycles. The maximum Gasteiger partial charge on any atom is 0.254 e. The topological polar surface area (TPSA) is 38.8 Å². The second-order valence-corrected chi connectivity index (χ2v) is 8.00. The van der Waals surface area contributed by atoms with Crippen LogP contribution in [0, 0.1) is 11.6 Å². The molecule has 2 saturated heterocycles. The molecule has 0 saturated carbocycles. The van der Waals surface area contributed by atoms with E-state index in [-0.39, 0.29) is 5.56 Å². The summed E-state index contributed by atoms with van der Waals surface area (Å²) in [5.41, 5.74) is -0.622. The molecular formula is C21H32F2N4O. The average molecular weight is 395 g/mol. The highest BCUT2D eigenvalue weighted by Gasteiger charge is 2.38. The van der Waals surface area contributed by atoms with Crippen molar-refractivity contribution in [3.8, 4) is 0 Å². The summed E-state index contributed by atoms with van der Waals surface area (Å²) >= 11 is 0. The van der Waals surface area contributed by atoms with Crippen LogP contribution < -0.4 is 5.32 Å². The summed E-state index contributed by atoms with van der Waals surface area (Å²) < 4.78 is 27.7. The van der Waals surface area contributed by atoms with Gasteiger partial charge in [-0.05, 0) is 44.1 Å². The van der Waals surface area contributed by atoms with E-state index in [1.165, 1.54) is 0 Å². The quantitative estimate of drug-likeness (QED) is 0.803. The van der Waals surface area contributed by atoms with Crippen molar-refractivity contribution in [3.05, 3.63) is 35.4 Å². The van der Waals surface area contributed by atoms with E-state index in [2.05, 4.69) is 33.9 Å². The molecule has 2 heterocycles. The van der Waals surface area contributed by atoms with Crippen molar-refractivity contribution in [3.63, 3.8) is 0 Å². The summed E-state index contributed by atoms with van der Waals surface area (Å²) in [5.74, 6) is -1.80. The van der Waals surface area contributed by atoms with Crippen molar-refractivity contribution >= 4 is 5.91 Å². The molecule has 156 valence electrons. The maximum atomic E-state index is 14.1. The number of nitrogens with one attached hydrogen (secondary N) is 1. The van der Waals surface area contributed by atoms with E-state index in [9.17, 15) is 13.6 Å². The van der Waals surface area contributed by atoms with Crippen LogP contribution in [0.5, 0.6) is 0 Å². The van der Waals surface area contributed by atoms with Crippen molar-refractivity contribution in [1.29, 1.82) is 0 Å². The Morgan fingerprint density at radius 2 is 1.54 bits per heavy atom. The lowest BCUT2D eigenvalue weighted by Crippen LogP contribution is -2.62. The molecule has 0 atom stereocenters. The molecule has 2 aliphatic heterocycles. The largest absolute Gasteiger partial charge is 0.345 e. The first-order valence-corrected chi connectivity index (χ1v) is 10.4. The van der Waals surface area contributed by atoms with Gasteiger partial charge < -0.3 is 15.1 Å². The van der Waals surface area contributed by atoms with Gasteiger partial charge in [0.2, 0.25) is 0 Å². The van der Waals surface area contributed by atoms with Crippen LogP contribution in [0.4, 0.5) is 8.78 Å². The first-order valence-electron chi connectivity index (χ1n) is 10.4. The van der Waals surface area contributed by atoms with E-state index >= 15 is 0 Å². The minimum Gasteiger partial charge on any atom is -0.345 e. The molecule has 3 rings (SSSR count). The number of piperazine rings is 1. The smallest absolute Gasteiger partial charge is 0.254 e. The molecule has 2 aliphatic rings. The van der Waals surface area contributed by atoms with Gasteiger partial charge in [-0.2, -0.15) is 0 Å². The van der Waals surface area contributed by atoms with E-state index in [1.807, 2.05) is 0 Å². The number of nitrogens with zero attached hydrogens (tertiary/aromatic N) is 3. The average Bonchev–Trinajstić information content (AvgIpc) is 2.71. The molecular weight excluding hydrogens is 362 g/mol. The van der Waals surface area contributed by atoms with Crippen LogP contribution in [0.1, 0.15) is 37.0 Å². The molecule has 1 aromatic rings. The number of rotatable bonds is 6. The van der Waals surface area contributed by atoms with Crippen LogP contribution in [0.15, 0.2) is 18.2 Å². The van der Waals surface area contributed by atoms with Crippen LogP contribution in [0.3, 0.4) is 0 Å². The Hall–Kier alpha value is -1.57. The molecule has 0 aliphatic carbocycles. The predicted molar refractivity (Wildman–Crippen MR) is 106 cm³/mol. The Balaban J connectivity index is 1.73. The van der Waals surface area contributed by atoms with Crippen LogP contribution in [-0.4, -0.2) is 85.0 Å². The summed E-state index contributed by atoms with van der Waals surface area (Å²) in [4.78, 5) is 20.0. The molecule has 1 amide bonds. The van der Waals surface area contributed by atoms with E-state index in [0.29, 0.717) is 0 Å². The van der Waals surface area contributed by atoms with Crippen LogP contribution >= 0.6 is 0 Å². The fourth-order valence-corrected chi connectivity index (χ4v) is 4.29. The number of carbonyl (C=O) groups excluding carboxylic acids is 1. The second-order valence-electron chi connectivity index (χ2n) is 8.00. The number of likely N-dealkylation sites (tertiary alicyclic amines) is 1. The van der Waals surface area contributed by atoms with Gasteiger partial charge in [0, 0.05) is 45.8 Å². The van der Waals surface area contributed by atoms with Gasteiger partial charge in [0.25, 0.3) is 5.91 Å². The Bertz CT molecular complexity index is 668. The second kappa shape index (κ2) is 9.29. The monoisotopic (exact) mass is 394 g/mol. The first kappa shape index (κ1) is 21.1. The van der Waals surface area contributed by atoms with Gasteiger partial charge in [0.15, 0.2) is 0 Å². The molecule has 0 bridgehead atoms. The molecule has 28 heavy (non-hydrogen) atoms. The lowest BCUT2D eigenvalue weighted by Gasteiger charge is -2.46. The van der Waals surface area contributed by atoms with E-state index < -0.39 is 23.1 Å². The molecule has 0 radical (unpaired) electrons. The van der Waals surface area contributed by atoms with E-state index in [1.54, 1.807) is 0 Å². The van der Waals surface area contributed by atoms with Gasteiger partial charge in [0.05, 0.1) is 11.1 Å². The van der Waals surface area contributed by atoms with Crippen molar-refractivity contribution in [1.82, 2.24) is 20.0 Å². The lowest BCUT2D eigenvalue weighted by molar-refractivity contribution is 0.0570. The molecule has 5 nitrogen and oxygen atoms in total. The van der Waals surface area contributed by atoms with Crippen LogP contribution in [0.25, 0.3) is 0 Å². The molecule has 0 spiro atoms. The van der Waals surface area contributed by atoms with E-state index in [4.69, 9.17) is 0 Å². The highest BCUT2D eigenvalue weighted by Crippen LogP contribution is 2.25. The summed E-state index contributed by atoms with van der Waals surface area (Å²) in [6.45, 7) is 12.9. The minimum atomic E-state index is -0.684. The Morgan fingerprint density at radius 3 is 2.14 bits per heavy atom. The van der Waals surface area contributed by atoms with Gasteiger partial charge in [-0.25, -0.2) is 8.78 Å². The highest BCUT2D eigenvalue weighted by atomic mass is 19.1. The van der Waals surface area contributed by atoms with Gasteiger partial charge in [0.1, 0.15) is 11.6 Å². The van der Waals surface area contributed by atoms with Crippen molar-refractivity contribution < 1.29 is 13.6 Å². The fraction of sp³-hybridized carbons (Fsp3) is 0.667. The maximum absolute atomic E-state index is 14.1. The Morgan fingerprint density at radius 1 is 0.964 bits per heavy atom. The van der Waals surface area contributed by atoms with Crippen LogP contribution in [0.2, 0.25) is 0 Å². The number of benzene rings is 1. The number of halogens is 2. The highest BCUT2D eigenvalue weighted by molar-refractivity contribution is 5.95. The van der Waals surface area contributed by atoms with Gasteiger partial charge in [-0.1, -0.05) is 13.8 Å². The van der Waals surface area contributed by atoms with Crippen molar-refractivity contribution in [2.24, 2.45) is 0 Å². The molecule has 1 aromatic carbocycles. The third-order valence-electron chi connectivity index (χ3n) is 6.25. The van der Waals surface area contributed by atoms with Crippen molar-refractivity contribution in [2.45, 2.75) is 32.2 Å². The molecule has 7 heteroatoms. The molecule has 2 fully saturated rings. The Kier molecular flexibility index (Phi) is 7.01. The molecule has 0 unspecified atom stereocenters. The zero-order valence-electron chi connectivity index (χ0n) is 17.0.